The second kappa shape index (κ2) is 2.96. The Morgan fingerprint density at radius 2 is 2.08 bits per heavy atom. The standard InChI is InChI=1S/C9H9NO2S/c1-2-10-9(11)7-5-3-4-6-8(7)13(10)12/h3-6H,2H2,1H3. The van der Waals surface area contributed by atoms with Crippen molar-refractivity contribution in [1.29, 1.82) is 0 Å². The molecule has 1 aliphatic heterocycles. The first kappa shape index (κ1) is 8.44. The molecule has 0 bridgehead atoms. The van der Waals surface area contributed by atoms with E-state index in [4.69, 9.17) is 0 Å². The fourth-order valence-electron chi connectivity index (χ4n) is 1.38. The fourth-order valence-corrected chi connectivity index (χ4v) is 2.64. The van der Waals surface area contributed by atoms with Gasteiger partial charge in [-0.3, -0.25) is 9.10 Å². The molecular weight excluding hydrogens is 186 g/mol. The van der Waals surface area contributed by atoms with E-state index >= 15 is 0 Å². The van der Waals surface area contributed by atoms with Crippen molar-refractivity contribution in [3.63, 3.8) is 0 Å². The molecular formula is C9H9NO2S. The van der Waals surface area contributed by atoms with Crippen molar-refractivity contribution in [2.75, 3.05) is 6.54 Å². The van der Waals surface area contributed by atoms with Crippen LogP contribution in [-0.2, 0) is 11.0 Å². The van der Waals surface area contributed by atoms with Crippen LogP contribution in [0.4, 0.5) is 0 Å². The summed E-state index contributed by atoms with van der Waals surface area (Å²) in [6.07, 6.45) is 0. The number of hydrogen-bond acceptors (Lipinski definition) is 2. The third-order valence-electron chi connectivity index (χ3n) is 2.02. The van der Waals surface area contributed by atoms with E-state index in [-0.39, 0.29) is 5.91 Å². The van der Waals surface area contributed by atoms with E-state index in [9.17, 15) is 9.00 Å². The zero-order valence-corrected chi connectivity index (χ0v) is 8.00. The maximum atomic E-state index is 11.7. The smallest absolute Gasteiger partial charge is 0.267 e. The van der Waals surface area contributed by atoms with Gasteiger partial charge in [0.25, 0.3) is 5.91 Å². The molecule has 0 N–H and O–H groups in total. The second-order valence-electron chi connectivity index (χ2n) is 2.75. The third-order valence-corrected chi connectivity index (χ3v) is 3.58. The average Bonchev–Trinajstić information content (AvgIpc) is 2.41. The molecule has 1 amide bonds. The molecule has 1 aromatic rings. The zero-order chi connectivity index (χ0) is 9.42. The Hall–Kier alpha value is -1.16. The molecule has 1 atom stereocenters. The zero-order valence-electron chi connectivity index (χ0n) is 7.19. The van der Waals surface area contributed by atoms with Gasteiger partial charge in [0.05, 0.1) is 10.5 Å². The molecule has 0 aliphatic carbocycles. The number of hydrogen-bond donors (Lipinski definition) is 0. The van der Waals surface area contributed by atoms with Crippen LogP contribution in [0, 0.1) is 0 Å². The maximum absolute atomic E-state index is 11.7. The van der Waals surface area contributed by atoms with Crippen LogP contribution in [0.25, 0.3) is 0 Å². The van der Waals surface area contributed by atoms with Crippen molar-refractivity contribution in [2.24, 2.45) is 0 Å². The van der Waals surface area contributed by atoms with E-state index < -0.39 is 11.0 Å². The minimum Gasteiger partial charge on any atom is -0.268 e. The van der Waals surface area contributed by atoms with Crippen molar-refractivity contribution in [3.8, 4) is 0 Å². The maximum Gasteiger partial charge on any atom is 0.267 e. The highest BCUT2D eigenvalue weighted by Crippen LogP contribution is 2.25. The fraction of sp³-hybridized carbons (Fsp3) is 0.222. The van der Waals surface area contributed by atoms with Crippen molar-refractivity contribution in [1.82, 2.24) is 4.31 Å². The Labute approximate surface area is 79.0 Å². The number of benzene rings is 1. The molecule has 4 heteroatoms. The highest BCUT2D eigenvalue weighted by molar-refractivity contribution is 7.84. The summed E-state index contributed by atoms with van der Waals surface area (Å²) >= 11 is 0. The Morgan fingerprint density at radius 1 is 1.38 bits per heavy atom. The summed E-state index contributed by atoms with van der Waals surface area (Å²) in [5.41, 5.74) is 0.572. The van der Waals surface area contributed by atoms with Gasteiger partial charge in [0.2, 0.25) is 0 Å². The van der Waals surface area contributed by atoms with Crippen LogP contribution in [0.1, 0.15) is 17.3 Å². The van der Waals surface area contributed by atoms with Crippen LogP contribution >= 0.6 is 0 Å². The van der Waals surface area contributed by atoms with Gasteiger partial charge < -0.3 is 0 Å². The molecule has 68 valence electrons. The number of fused-ring (bicyclic) bond motifs is 1. The van der Waals surface area contributed by atoms with Crippen LogP contribution in [0.2, 0.25) is 0 Å². The summed E-state index contributed by atoms with van der Waals surface area (Å²) in [6.45, 7) is 2.31. The van der Waals surface area contributed by atoms with Crippen LogP contribution in [0.3, 0.4) is 0 Å². The molecule has 1 heterocycles. The van der Waals surface area contributed by atoms with Gasteiger partial charge in [0, 0.05) is 6.54 Å². The topological polar surface area (TPSA) is 37.4 Å². The molecule has 0 radical (unpaired) electrons. The molecule has 3 nitrogen and oxygen atoms in total. The lowest BCUT2D eigenvalue weighted by Gasteiger charge is -2.09. The van der Waals surface area contributed by atoms with E-state index in [0.717, 1.165) is 0 Å². The molecule has 1 aromatic carbocycles. The van der Waals surface area contributed by atoms with E-state index in [2.05, 4.69) is 0 Å². The number of nitrogens with zero attached hydrogens (tertiary/aromatic N) is 1. The normalized spacial score (nSPS) is 20.5. The summed E-state index contributed by atoms with van der Waals surface area (Å²) in [7, 11) is -1.28. The summed E-state index contributed by atoms with van der Waals surface area (Å²) in [5, 5.41) is 0. The van der Waals surface area contributed by atoms with Gasteiger partial charge in [-0.2, -0.15) is 0 Å². The van der Waals surface area contributed by atoms with Crippen molar-refractivity contribution in [2.45, 2.75) is 11.8 Å². The van der Waals surface area contributed by atoms with Gasteiger partial charge in [-0.1, -0.05) is 12.1 Å². The molecule has 0 aromatic heterocycles. The van der Waals surface area contributed by atoms with Crippen molar-refractivity contribution >= 4 is 16.9 Å². The summed E-state index contributed by atoms with van der Waals surface area (Å²) in [6, 6.07) is 7.03. The summed E-state index contributed by atoms with van der Waals surface area (Å²) in [4.78, 5) is 12.2. The van der Waals surface area contributed by atoms with E-state index in [1.807, 2.05) is 6.92 Å². The van der Waals surface area contributed by atoms with Gasteiger partial charge in [0.1, 0.15) is 0 Å². The van der Waals surface area contributed by atoms with Gasteiger partial charge in [-0.05, 0) is 19.1 Å². The summed E-state index contributed by atoms with van der Waals surface area (Å²) in [5.74, 6) is -0.128. The predicted molar refractivity (Wildman–Crippen MR) is 49.6 cm³/mol. The minimum atomic E-state index is -1.28. The lowest BCUT2D eigenvalue weighted by atomic mass is 10.2. The van der Waals surface area contributed by atoms with E-state index in [0.29, 0.717) is 17.0 Å². The Bertz CT molecular complexity index is 354. The molecule has 13 heavy (non-hydrogen) atoms. The van der Waals surface area contributed by atoms with Crippen molar-refractivity contribution in [3.05, 3.63) is 29.8 Å². The average molecular weight is 195 g/mol. The first-order chi connectivity index (χ1) is 6.25. The number of carbonyl (C=O) groups is 1. The van der Waals surface area contributed by atoms with Gasteiger partial charge in [0.15, 0.2) is 11.0 Å². The van der Waals surface area contributed by atoms with Crippen LogP contribution in [0.5, 0.6) is 0 Å². The van der Waals surface area contributed by atoms with Gasteiger partial charge in [-0.15, -0.1) is 0 Å². The monoisotopic (exact) mass is 195 g/mol. The lowest BCUT2D eigenvalue weighted by molar-refractivity contribution is 0.0879. The summed E-state index contributed by atoms with van der Waals surface area (Å²) < 4.78 is 13.0. The lowest BCUT2D eigenvalue weighted by Crippen LogP contribution is -2.25. The molecule has 0 spiro atoms. The molecule has 1 aliphatic rings. The van der Waals surface area contributed by atoms with Gasteiger partial charge in [-0.25, -0.2) is 4.21 Å². The number of amides is 1. The number of rotatable bonds is 1. The first-order valence-electron chi connectivity index (χ1n) is 4.08. The van der Waals surface area contributed by atoms with E-state index in [1.54, 1.807) is 24.3 Å². The van der Waals surface area contributed by atoms with Crippen LogP contribution in [-0.4, -0.2) is 21.0 Å². The van der Waals surface area contributed by atoms with Crippen molar-refractivity contribution < 1.29 is 9.00 Å². The van der Waals surface area contributed by atoms with Crippen LogP contribution < -0.4 is 0 Å². The molecule has 1 unspecified atom stereocenters. The second-order valence-corrected chi connectivity index (χ2v) is 4.12. The largest absolute Gasteiger partial charge is 0.268 e. The van der Waals surface area contributed by atoms with E-state index in [1.165, 1.54) is 4.31 Å². The first-order valence-corrected chi connectivity index (χ1v) is 5.19. The highest BCUT2D eigenvalue weighted by atomic mass is 32.2. The Balaban J connectivity index is 2.57. The highest BCUT2D eigenvalue weighted by Gasteiger charge is 2.32. The third kappa shape index (κ3) is 1.09. The minimum absolute atomic E-state index is 0.128. The molecule has 0 fully saturated rings. The molecule has 0 saturated heterocycles. The quantitative estimate of drug-likeness (QED) is 0.675. The number of carbonyl (C=O) groups excluding carboxylic acids is 1. The molecule has 2 rings (SSSR count). The SMILES string of the molecule is CCN1C(=O)c2ccccc2S1=O. The van der Waals surface area contributed by atoms with Gasteiger partial charge >= 0.3 is 0 Å². The predicted octanol–water partition coefficient (Wildman–Crippen LogP) is 1.18. The Morgan fingerprint density at radius 3 is 2.69 bits per heavy atom. The van der Waals surface area contributed by atoms with Crippen LogP contribution in [0.15, 0.2) is 29.2 Å². The Kier molecular flexibility index (Phi) is 1.92. The molecule has 0 saturated carbocycles.